The normalized spacial score (nSPS) is 16.2. The van der Waals surface area contributed by atoms with Crippen LogP contribution in [0.5, 0.6) is 0 Å². The topological polar surface area (TPSA) is 0 Å². The molecule has 0 rings (SSSR count). The Labute approximate surface area is 103 Å². The second-order valence-corrected chi connectivity index (χ2v) is 5.00. The molecule has 0 aromatic rings. The zero-order valence-corrected chi connectivity index (χ0v) is 9.30. The van der Waals surface area contributed by atoms with Crippen LogP contribution in [0.15, 0.2) is 0 Å². The molecule has 0 bridgehead atoms. The molecule has 0 amide bonds. The SMILES string of the molecule is FC(F)(F)C(F)(F)C(F)(F)C(F)(F)C(Cl)(Cl)Cl. The van der Waals surface area contributed by atoms with Crippen LogP contribution in [-0.2, 0) is 0 Å². The lowest BCUT2D eigenvalue weighted by molar-refractivity contribution is -0.395. The Hall–Kier alpha value is 0.240. The molecule has 0 aliphatic carbocycles. The Balaban J connectivity index is 5.73. The predicted octanol–water partition coefficient (Wildman–Crippen LogP) is 4.82. The highest BCUT2D eigenvalue weighted by molar-refractivity contribution is 6.68. The molecular formula is C5Cl3F9. The third-order valence-electron chi connectivity index (χ3n) is 1.50. The van der Waals surface area contributed by atoms with E-state index in [4.69, 9.17) is 0 Å². The molecule has 0 aliphatic rings. The van der Waals surface area contributed by atoms with Crippen LogP contribution in [-0.4, -0.2) is 27.7 Å². The molecule has 104 valence electrons. The zero-order valence-electron chi connectivity index (χ0n) is 7.04. The van der Waals surface area contributed by atoms with Crippen LogP contribution < -0.4 is 0 Å². The van der Waals surface area contributed by atoms with E-state index in [-0.39, 0.29) is 0 Å². The fourth-order valence-corrected chi connectivity index (χ4v) is 0.909. The summed E-state index contributed by atoms with van der Waals surface area (Å²) in [6, 6.07) is 0. The summed E-state index contributed by atoms with van der Waals surface area (Å²) in [6.45, 7) is 0. The van der Waals surface area contributed by atoms with Crippen molar-refractivity contribution in [3.8, 4) is 0 Å². The molecule has 0 aliphatic heterocycles. The fraction of sp³-hybridized carbons (Fsp3) is 1.00. The number of halogens is 12. The number of rotatable bonds is 2. The van der Waals surface area contributed by atoms with Crippen molar-refractivity contribution in [2.24, 2.45) is 0 Å². The molecule has 0 N–H and O–H groups in total. The predicted molar refractivity (Wildman–Crippen MR) is 41.2 cm³/mol. The van der Waals surface area contributed by atoms with E-state index in [9.17, 15) is 39.5 Å². The zero-order chi connectivity index (χ0) is 14.5. The van der Waals surface area contributed by atoms with Gasteiger partial charge in [-0.1, -0.05) is 34.8 Å². The van der Waals surface area contributed by atoms with Crippen molar-refractivity contribution < 1.29 is 39.5 Å². The van der Waals surface area contributed by atoms with Crippen molar-refractivity contribution in [2.75, 3.05) is 0 Å². The summed E-state index contributed by atoms with van der Waals surface area (Å²) in [6.07, 6.45) is -6.93. The van der Waals surface area contributed by atoms with E-state index in [1.54, 1.807) is 0 Å². The third-order valence-corrected chi connectivity index (χ3v) is 2.21. The second kappa shape index (κ2) is 4.12. The number of hydrogen-bond acceptors (Lipinski definition) is 0. The summed E-state index contributed by atoms with van der Waals surface area (Å²) in [5, 5.41) is 0. The van der Waals surface area contributed by atoms with Crippen molar-refractivity contribution in [2.45, 2.75) is 27.7 Å². The molecule has 0 saturated heterocycles. The summed E-state index contributed by atoms with van der Waals surface area (Å²) < 4.78 is 105. The molecule has 0 radical (unpaired) electrons. The van der Waals surface area contributed by atoms with E-state index in [2.05, 4.69) is 34.8 Å². The maximum absolute atomic E-state index is 12.6. The van der Waals surface area contributed by atoms with Gasteiger partial charge in [-0.2, -0.15) is 39.5 Å². The summed E-state index contributed by atoms with van der Waals surface area (Å²) >= 11 is 12.8. The van der Waals surface area contributed by atoms with Crippen molar-refractivity contribution >= 4 is 34.8 Å². The molecule has 0 spiro atoms. The van der Waals surface area contributed by atoms with Crippen LogP contribution in [0.2, 0.25) is 0 Å². The molecule has 0 unspecified atom stereocenters. The summed E-state index contributed by atoms with van der Waals surface area (Å²) in [4.78, 5) is 0. The fourth-order valence-electron chi connectivity index (χ4n) is 0.553. The van der Waals surface area contributed by atoms with Crippen LogP contribution in [0.25, 0.3) is 0 Å². The molecule has 12 heteroatoms. The first-order valence-electron chi connectivity index (χ1n) is 3.27. The van der Waals surface area contributed by atoms with Gasteiger partial charge in [0.15, 0.2) is 0 Å². The molecule has 0 aromatic heterocycles. The maximum atomic E-state index is 12.6. The molecule has 0 atom stereocenters. The van der Waals surface area contributed by atoms with Crippen molar-refractivity contribution in [1.82, 2.24) is 0 Å². The highest BCUT2D eigenvalue weighted by Gasteiger charge is 2.85. The highest BCUT2D eigenvalue weighted by atomic mass is 35.6. The first-order chi connectivity index (χ1) is 7.00. The molecule has 0 fully saturated rings. The van der Waals surface area contributed by atoms with Crippen LogP contribution in [0.3, 0.4) is 0 Å². The van der Waals surface area contributed by atoms with Gasteiger partial charge in [-0.25, -0.2) is 0 Å². The van der Waals surface area contributed by atoms with Gasteiger partial charge in [-0.3, -0.25) is 0 Å². The lowest BCUT2D eigenvalue weighted by Crippen LogP contribution is -2.64. The summed E-state index contributed by atoms with van der Waals surface area (Å²) in [5.74, 6) is -20.2. The van der Waals surface area contributed by atoms with Crippen LogP contribution in [0.1, 0.15) is 0 Å². The highest BCUT2D eigenvalue weighted by Crippen LogP contribution is 2.59. The Bertz CT molecular complexity index is 260. The Morgan fingerprint density at radius 1 is 0.471 bits per heavy atom. The van der Waals surface area contributed by atoms with Crippen molar-refractivity contribution in [3.05, 3.63) is 0 Å². The quantitative estimate of drug-likeness (QED) is 0.500. The van der Waals surface area contributed by atoms with Gasteiger partial charge in [-0.15, -0.1) is 0 Å². The van der Waals surface area contributed by atoms with E-state index in [0.717, 1.165) is 0 Å². The van der Waals surface area contributed by atoms with Gasteiger partial charge >= 0.3 is 23.9 Å². The lowest BCUT2D eigenvalue weighted by Gasteiger charge is -2.36. The molecule has 0 aromatic carbocycles. The van der Waals surface area contributed by atoms with Gasteiger partial charge in [0.1, 0.15) is 0 Å². The van der Waals surface area contributed by atoms with Gasteiger partial charge < -0.3 is 0 Å². The molecule has 17 heavy (non-hydrogen) atoms. The van der Waals surface area contributed by atoms with Gasteiger partial charge in [0.05, 0.1) is 0 Å². The number of alkyl halides is 12. The van der Waals surface area contributed by atoms with Crippen LogP contribution >= 0.6 is 34.8 Å². The van der Waals surface area contributed by atoms with Crippen LogP contribution in [0, 0.1) is 0 Å². The number of hydrogen-bond donors (Lipinski definition) is 0. The standard InChI is InChI=1S/C5Cl3F9/c6-4(7,8)2(11,12)1(9,10)3(13,14)5(15,16)17. The molecule has 0 saturated carbocycles. The van der Waals surface area contributed by atoms with E-state index < -0.39 is 27.7 Å². The van der Waals surface area contributed by atoms with Gasteiger partial charge in [0.25, 0.3) is 3.79 Å². The van der Waals surface area contributed by atoms with Gasteiger partial charge in [0, 0.05) is 0 Å². The van der Waals surface area contributed by atoms with E-state index >= 15 is 0 Å². The maximum Gasteiger partial charge on any atom is 0.460 e. The van der Waals surface area contributed by atoms with Gasteiger partial charge in [-0.05, 0) is 0 Å². The van der Waals surface area contributed by atoms with Crippen molar-refractivity contribution in [3.63, 3.8) is 0 Å². The van der Waals surface area contributed by atoms with Crippen molar-refractivity contribution in [1.29, 1.82) is 0 Å². The lowest BCUT2D eigenvalue weighted by atomic mass is 10.1. The third kappa shape index (κ3) is 2.51. The molecular weight excluding hydrogens is 337 g/mol. The summed E-state index contributed by atoms with van der Waals surface area (Å²) in [7, 11) is 0. The largest absolute Gasteiger partial charge is 0.460 e. The van der Waals surface area contributed by atoms with E-state index in [1.807, 2.05) is 0 Å². The second-order valence-electron chi connectivity index (χ2n) is 2.72. The molecule has 0 heterocycles. The summed E-state index contributed by atoms with van der Waals surface area (Å²) in [5.41, 5.74) is 0. The minimum atomic E-state index is -7.06. The smallest absolute Gasteiger partial charge is 0.195 e. The Morgan fingerprint density at radius 2 is 0.765 bits per heavy atom. The van der Waals surface area contributed by atoms with E-state index in [0.29, 0.717) is 0 Å². The first kappa shape index (κ1) is 17.2. The average Bonchev–Trinajstić information content (AvgIpc) is 1.98. The van der Waals surface area contributed by atoms with E-state index in [1.165, 1.54) is 0 Å². The minimum Gasteiger partial charge on any atom is -0.195 e. The monoisotopic (exact) mass is 336 g/mol. The molecule has 0 nitrogen and oxygen atoms in total. The Morgan fingerprint density at radius 3 is 0.941 bits per heavy atom. The first-order valence-corrected chi connectivity index (χ1v) is 4.40. The van der Waals surface area contributed by atoms with Gasteiger partial charge in [0.2, 0.25) is 0 Å². The van der Waals surface area contributed by atoms with Crippen LogP contribution in [0.4, 0.5) is 39.5 Å². The minimum absolute atomic E-state index is 4.27. The Kier molecular flexibility index (Phi) is 4.18. The average molecular weight is 337 g/mol.